The van der Waals surface area contributed by atoms with Crippen molar-refractivity contribution in [3.8, 4) is 0 Å². The molecule has 5 nitrogen and oxygen atoms in total. The van der Waals surface area contributed by atoms with Gasteiger partial charge in [-0.25, -0.2) is 4.39 Å². The summed E-state index contributed by atoms with van der Waals surface area (Å²) in [6.07, 6.45) is 4.27. The van der Waals surface area contributed by atoms with Gasteiger partial charge in [0.05, 0.1) is 17.8 Å². The van der Waals surface area contributed by atoms with Gasteiger partial charge in [-0.05, 0) is 75.0 Å². The SMILES string of the molecule is CC(=O)N1CCc2c(sc(C)c2CCN2CCC(c3nn(C)c4cc(F)ccc34)CC2)C1. The summed E-state index contributed by atoms with van der Waals surface area (Å²) in [6.45, 7) is 8.77. The summed E-state index contributed by atoms with van der Waals surface area (Å²) in [5.41, 5.74) is 5.03. The van der Waals surface area contributed by atoms with Gasteiger partial charge in [0.1, 0.15) is 5.82 Å². The van der Waals surface area contributed by atoms with Crippen LogP contribution in [0, 0.1) is 12.7 Å². The van der Waals surface area contributed by atoms with Crippen molar-refractivity contribution < 1.29 is 9.18 Å². The second-order valence-corrected chi connectivity index (χ2v) is 10.6. The summed E-state index contributed by atoms with van der Waals surface area (Å²) in [7, 11) is 1.90. The maximum Gasteiger partial charge on any atom is 0.219 e. The van der Waals surface area contributed by atoms with Gasteiger partial charge in [-0.1, -0.05) is 0 Å². The van der Waals surface area contributed by atoms with E-state index in [4.69, 9.17) is 5.10 Å². The minimum Gasteiger partial charge on any atom is -0.337 e. The lowest BCUT2D eigenvalue weighted by Crippen LogP contribution is -2.35. The van der Waals surface area contributed by atoms with E-state index in [1.165, 1.54) is 20.9 Å². The Balaban J connectivity index is 1.21. The average Bonchev–Trinajstić information content (AvgIpc) is 3.27. The molecular weight excluding hydrogens is 423 g/mol. The second-order valence-electron chi connectivity index (χ2n) is 9.27. The van der Waals surface area contributed by atoms with Gasteiger partial charge in [-0.3, -0.25) is 9.48 Å². The molecule has 1 saturated heterocycles. The molecule has 0 atom stereocenters. The number of benzene rings is 1. The van der Waals surface area contributed by atoms with Gasteiger partial charge in [0.25, 0.3) is 0 Å². The zero-order valence-corrected chi connectivity index (χ0v) is 20.0. The number of hydrogen-bond acceptors (Lipinski definition) is 4. The van der Waals surface area contributed by atoms with Crippen molar-refractivity contribution in [1.29, 1.82) is 0 Å². The van der Waals surface area contributed by atoms with Crippen LogP contribution < -0.4 is 0 Å². The van der Waals surface area contributed by atoms with Gasteiger partial charge in [-0.2, -0.15) is 5.10 Å². The first-order valence-corrected chi connectivity index (χ1v) is 12.4. The third-order valence-electron chi connectivity index (χ3n) is 7.31. The number of amides is 1. The quantitative estimate of drug-likeness (QED) is 0.586. The van der Waals surface area contributed by atoms with E-state index in [9.17, 15) is 9.18 Å². The van der Waals surface area contributed by atoms with E-state index in [2.05, 4.69) is 11.8 Å². The lowest BCUT2D eigenvalue weighted by molar-refractivity contribution is -0.129. The first-order valence-electron chi connectivity index (χ1n) is 11.6. The van der Waals surface area contributed by atoms with Crippen LogP contribution in [-0.2, 0) is 31.2 Å². The topological polar surface area (TPSA) is 41.4 Å². The van der Waals surface area contributed by atoms with Crippen molar-refractivity contribution in [1.82, 2.24) is 19.6 Å². The zero-order valence-electron chi connectivity index (χ0n) is 19.2. The van der Waals surface area contributed by atoms with E-state index >= 15 is 0 Å². The summed E-state index contributed by atoms with van der Waals surface area (Å²) in [4.78, 5) is 19.1. The number of hydrogen-bond donors (Lipinski definition) is 0. The van der Waals surface area contributed by atoms with Crippen molar-refractivity contribution in [3.05, 3.63) is 50.6 Å². The molecule has 5 rings (SSSR count). The number of rotatable bonds is 4. The van der Waals surface area contributed by atoms with E-state index in [1.807, 2.05) is 34.0 Å². The van der Waals surface area contributed by atoms with Crippen LogP contribution >= 0.6 is 11.3 Å². The largest absolute Gasteiger partial charge is 0.337 e. The van der Waals surface area contributed by atoms with Crippen molar-refractivity contribution in [2.24, 2.45) is 7.05 Å². The summed E-state index contributed by atoms with van der Waals surface area (Å²) >= 11 is 1.88. The average molecular weight is 455 g/mol. The Bertz CT molecular complexity index is 1160. The number of aryl methyl sites for hydroxylation is 2. The number of aromatic nitrogens is 2. The monoisotopic (exact) mass is 454 g/mol. The van der Waals surface area contributed by atoms with E-state index < -0.39 is 0 Å². The van der Waals surface area contributed by atoms with Gasteiger partial charge >= 0.3 is 0 Å². The Morgan fingerprint density at radius 2 is 2.03 bits per heavy atom. The van der Waals surface area contributed by atoms with Gasteiger partial charge in [0.15, 0.2) is 0 Å². The van der Waals surface area contributed by atoms with Crippen LogP contribution in [0.5, 0.6) is 0 Å². The van der Waals surface area contributed by atoms with E-state index in [-0.39, 0.29) is 11.7 Å². The predicted octanol–water partition coefficient (Wildman–Crippen LogP) is 4.41. The molecule has 32 heavy (non-hydrogen) atoms. The fourth-order valence-electron chi connectivity index (χ4n) is 5.46. The van der Waals surface area contributed by atoms with Crippen LogP contribution in [0.15, 0.2) is 18.2 Å². The first-order chi connectivity index (χ1) is 15.4. The number of halogens is 1. The highest BCUT2D eigenvalue weighted by atomic mass is 32.1. The van der Waals surface area contributed by atoms with E-state index in [0.717, 1.165) is 75.0 Å². The van der Waals surface area contributed by atoms with Crippen LogP contribution in [0.1, 0.15) is 52.3 Å². The molecule has 1 amide bonds. The highest BCUT2D eigenvalue weighted by molar-refractivity contribution is 7.12. The molecule has 0 aliphatic carbocycles. The van der Waals surface area contributed by atoms with E-state index in [0.29, 0.717) is 5.92 Å². The standard InChI is InChI=1S/C25H31FN4OS/c1-16-20(21-9-13-30(17(2)31)15-24(21)32-16)8-12-29-10-6-18(7-11-29)25-22-5-4-19(26)14-23(22)28(3)27-25/h4-5,14,18H,6-13,15H2,1-3H3. The van der Waals surface area contributed by atoms with E-state index in [1.54, 1.807) is 19.1 Å². The molecule has 1 aromatic carbocycles. The Hall–Kier alpha value is -2.25. The molecule has 2 aromatic heterocycles. The molecule has 0 N–H and O–H groups in total. The smallest absolute Gasteiger partial charge is 0.219 e. The van der Waals surface area contributed by atoms with Crippen LogP contribution in [0.25, 0.3) is 10.9 Å². The molecule has 3 aromatic rings. The van der Waals surface area contributed by atoms with Crippen molar-refractivity contribution >= 4 is 28.1 Å². The summed E-state index contributed by atoms with van der Waals surface area (Å²) in [5.74, 6) is 0.410. The van der Waals surface area contributed by atoms with Gasteiger partial charge in [-0.15, -0.1) is 11.3 Å². The van der Waals surface area contributed by atoms with Crippen molar-refractivity contribution in [2.75, 3.05) is 26.2 Å². The number of fused-ring (bicyclic) bond motifs is 2. The number of thiophene rings is 1. The maximum absolute atomic E-state index is 13.6. The summed E-state index contributed by atoms with van der Waals surface area (Å²) < 4.78 is 15.5. The van der Waals surface area contributed by atoms with Crippen LogP contribution in [0.2, 0.25) is 0 Å². The molecule has 0 saturated carbocycles. The number of likely N-dealkylation sites (tertiary alicyclic amines) is 1. The van der Waals surface area contributed by atoms with Gasteiger partial charge in [0.2, 0.25) is 5.91 Å². The predicted molar refractivity (Wildman–Crippen MR) is 127 cm³/mol. The van der Waals surface area contributed by atoms with Crippen molar-refractivity contribution in [3.63, 3.8) is 0 Å². The third-order valence-corrected chi connectivity index (χ3v) is 8.48. The molecule has 0 unspecified atom stereocenters. The highest BCUT2D eigenvalue weighted by Crippen LogP contribution is 2.35. The Morgan fingerprint density at radius 3 is 2.78 bits per heavy atom. The fourth-order valence-corrected chi connectivity index (χ4v) is 6.75. The molecule has 0 radical (unpaired) electrons. The fraction of sp³-hybridized carbons (Fsp3) is 0.520. The third kappa shape index (κ3) is 3.97. The maximum atomic E-state index is 13.6. The Kier molecular flexibility index (Phi) is 5.80. The van der Waals surface area contributed by atoms with Crippen LogP contribution in [0.3, 0.4) is 0 Å². The van der Waals surface area contributed by atoms with Crippen LogP contribution in [0.4, 0.5) is 4.39 Å². The lowest BCUT2D eigenvalue weighted by Gasteiger charge is -2.31. The second kappa shape index (κ2) is 8.60. The zero-order chi connectivity index (χ0) is 22.4. The molecule has 0 spiro atoms. The normalized spacial score (nSPS) is 17.8. The van der Waals surface area contributed by atoms with Crippen molar-refractivity contribution in [2.45, 2.75) is 52.0 Å². The number of piperidine rings is 1. The van der Waals surface area contributed by atoms with Crippen LogP contribution in [-0.4, -0.2) is 51.7 Å². The molecule has 2 aliphatic rings. The molecule has 4 heterocycles. The molecule has 170 valence electrons. The highest BCUT2D eigenvalue weighted by Gasteiger charge is 2.27. The molecule has 0 bridgehead atoms. The van der Waals surface area contributed by atoms with Gasteiger partial charge < -0.3 is 9.80 Å². The molecular formula is C25H31FN4OS. The number of carbonyl (C=O) groups excluding carboxylic acids is 1. The number of carbonyl (C=O) groups is 1. The molecule has 2 aliphatic heterocycles. The Labute approximate surface area is 192 Å². The lowest BCUT2D eigenvalue weighted by atomic mass is 9.91. The first kappa shape index (κ1) is 21.6. The minimum absolute atomic E-state index is 0.178. The van der Waals surface area contributed by atoms with Gasteiger partial charge in [0, 0.05) is 48.1 Å². The molecule has 7 heteroatoms. The number of nitrogens with zero attached hydrogens (tertiary/aromatic N) is 4. The summed E-state index contributed by atoms with van der Waals surface area (Å²) in [6, 6.07) is 5.01. The molecule has 1 fully saturated rings. The summed E-state index contributed by atoms with van der Waals surface area (Å²) in [5, 5.41) is 5.84. The Morgan fingerprint density at radius 1 is 1.25 bits per heavy atom. The minimum atomic E-state index is -0.207.